The minimum atomic E-state index is 0.536. The van der Waals surface area contributed by atoms with Gasteiger partial charge in [-0.25, -0.2) is 15.0 Å². The van der Waals surface area contributed by atoms with Crippen molar-refractivity contribution in [3.8, 4) is 11.1 Å². The Hall–Kier alpha value is -2.73. The van der Waals surface area contributed by atoms with Crippen LogP contribution < -0.4 is 5.32 Å². The Bertz CT molecular complexity index is 1080. The molecule has 0 saturated heterocycles. The highest BCUT2D eigenvalue weighted by molar-refractivity contribution is 7.17. The number of fused-ring (bicyclic) bond motifs is 1. The topological polar surface area (TPSA) is 55.6 Å². The summed E-state index contributed by atoms with van der Waals surface area (Å²) < 4.78 is 2.06. The SMILES string of the molecule is Cn1cncc1CCNc1nc(C2CC2)nc2scc(-c3ccccc3)c12. The molecule has 5 rings (SSSR count). The third-order valence-electron chi connectivity index (χ3n) is 5.07. The van der Waals surface area contributed by atoms with E-state index in [1.54, 1.807) is 11.3 Å². The second-order valence-corrected chi connectivity index (χ2v) is 7.93. The zero-order valence-corrected chi connectivity index (χ0v) is 16.0. The molecule has 1 saturated carbocycles. The number of hydrogen-bond donors (Lipinski definition) is 1. The largest absolute Gasteiger partial charge is 0.369 e. The van der Waals surface area contributed by atoms with Crippen LogP contribution in [0.15, 0.2) is 48.2 Å². The highest BCUT2D eigenvalue weighted by Crippen LogP contribution is 2.42. The molecule has 0 aliphatic heterocycles. The van der Waals surface area contributed by atoms with E-state index in [4.69, 9.17) is 9.97 Å². The maximum atomic E-state index is 4.92. The summed E-state index contributed by atoms with van der Waals surface area (Å²) in [6, 6.07) is 10.5. The van der Waals surface area contributed by atoms with Crippen LogP contribution in [0.3, 0.4) is 0 Å². The van der Waals surface area contributed by atoms with Gasteiger partial charge in [0.15, 0.2) is 0 Å². The fourth-order valence-electron chi connectivity index (χ4n) is 3.37. The monoisotopic (exact) mass is 375 g/mol. The summed E-state index contributed by atoms with van der Waals surface area (Å²) in [6.07, 6.45) is 7.09. The van der Waals surface area contributed by atoms with Gasteiger partial charge in [0.2, 0.25) is 0 Å². The minimum Gasteiger partial charge on any atom is -0.369 e. The molecule has 3 aromatic heterocycles. The van der Waals surface area contributed by atoms with Gasteiger partial charge in [-0.05, 0) is 18.4 Å². The highest BCUT2D eigenvalue weighted by atomic mass is 32.1. The summed E-state index contributed by atoms with van der Waals surface area (Å²) in [5, 5.41) is 6.93. The molecule has 0 unspecified atom stereocenters. The van der Waals surface area contributed by atoms with Gasteiger partial charge in [-0.15, -0.1) is 11.3 Å². The van der Waals surface area contributed by atoms with E-state index >= 15 is 0 Å². The number of rotatable bonds is 6. The zero-order chi connectivity index (χ0) is 18.2. The first-order valence-corrected chi connectivity index (χ1v) is 10.2. The number of aryl methyl sites for hydroxylation is 1. The molecule has 27 heavy (non-hydrogen) atoms. The van der Waals surface area contributed by atoms with Crippen LogP contribution in [0.2, 0.25) is 0 Å². The first kappa shape index (κ1) is 16.4. The van der Waals surface area contributed by atoms with Crippen LogP contribution in [0, 0.1) is 0 Å². The van der Waals surface area contributed by atoms with Gasteiger partial charge < -0.3 is 9.88 Å². The van der Waals surface area contributed by atoms with Gasteiger partial charge in [-0.2, -0.15) is 0 Å². The summed E-state index contributed by atoms with van der Waals surface area (Å²) in [5.41, 5.74) is 3.63. The van der Waals surface area contributed by atoms with Crippen molar-refractivity contribution in [3.63, 3.8) is 0 Å². The molecule has 5 nitrogen and oxygen atoms in total. The van der Waals surface area contributed by atoms with Crippen molar-refractivity contribution in [3.05, 3.63) is 59.8 Å². The van der Waals surface area contributed by atoms with Crippen molar-refractivity contribution in [1.82, 2.24) is 19.5 Å². The summed E-state index contributed by atoms with van der Waals surface area (Å²) in [4.78, 5) is 15.1. The van der Waals surface area contributed by atoms with Gasteiger partial charge in [-0.1, -0.05) is 30.3 Å². The van der Waals surface area contributed by atoms with E-state index in [-0.39, 0.29) is 0 Å². The van der Waals surface area contributed by atoms with Crippen molar-refractivity contribution in [2.45, 2.75) is 25.2 Å². The molecule has 0 atom stereocenters. The fraction of sp³-hybridized carbons (Fsp3) is 0.286. The minimum absolute atomic E-state index is 0.536. The third-order valence-corrected chi connectivity index (χ3v) is 5.94. The van der Waals surface area contributed by atoms with E-state index in [1.165, 1.54) is 29.7 Å². The van der Waals surface area contributed by atoms with Crippen LogP contribution in [0.5, 0.6) is 0 Å². The predicted molar refractivity (Wildman–Crippen MR) is 110 cm³/mol. The Labute approximate surface area is 162 Å². The summed E-state index contributed by atoms with van der Waals surface area (Å²) in [7, 11) is 2.03. The van der Waals surface area contributed by atoms with E-state index in [0.717, 1.165) is 34.8 Å². The molecular formula is C21H21N5S. The molecule has 1 N–H and O–H groups in total. The number of nitrogens with one attached hydrogen (secondary N) is 1. The maximum absolute atomic E-state index is 4.92. The molecule has 4 aromatic rings. The lowest BCUT2D eigenvalue weighted by Crippen LogP contribution is -2.10. The average Bonchev–Trinajstić information content (AvgIpc) is 3.34. The first-order valence-electron chi connectivity index (χ1n) is 9.33. The third kappa shape index (κ3) is 3.21. The van der Waals surface area contributed by atoms with Crippen molar-refractivity contribution >= 4 is 27.4 Å². The number of benzene rings is 1. The second kappa shape index (κ2) is 6.78. The van der Waals surface area contributed by atoms with E-state index < -0.39 is 0 Å². The number of aromatic nitrogens is 4. The Morgan fingerprint density at radius 2 is 2.04 bits per heavy atom. The molecule has 0 radical (unpaired) electrons. The number of anilines is 1. The molecule has 3 heterocycles. The molecule has 0 bridgehead atoms. The fourth-order valence-corrected chi connectivity index (χ4v) is 4.33. The van der Waals surface area contributed by atoms with Crippen LogP contribution >= 0.6 is 11.3 Å². The van der Waals surface area contributed by atoms with Crippen LogP contribution in [-0.2, 0) is 13.5 Å². The lowest BCUT2D eigenvalue weighted by atomic mass is 10.1. The standard InChI is InChI=1S/C21H21N5S/c1-26-13-22-11-16(26)9-10-23-20-18-17(14-5-3-2-4-6-14)12-27-21(18)25-19(24-20)15-7-8-15/h2-6,11-13,15H,7-10H2,1H3,(H,23,24,25). The predicted octanol–water partition coefficient (Wildman–Crippen LogP) is 4.62. The number of nitrogens with zero attached hydrogens (tertiary/aromatic N) is 4. The van der Waals surface area contributed by atoms with Crippen LogP contribution in [0.4, 0.5) is 5.82 Å². The van der Waals surface area contributed by atoms with Crippen LogP contribution in [0.1, 0.15) is 30.3 Å². The molecule has 1 fully saturated rings. The molecule has 0 amide bonds. The second-order valence-electron chi connectivity index (χ2n) is 7.07. The Morgan fingerprint density at radius 3 is 2.78 bits per heavy atom. The summed E-state index contributed by atoms with van der Waals surface area (Å²) in [6.45, 7) is 0.819. The smallest absolute Gasteiger partial charge is 0.139 e. The Kier molecular flexibility index (Phi) is 4.13. The summed E-state index contributed by atoms with van der Waals surface area (Å²) >= 11 is 1.71. The van der Waals surface area contributed by atoms with Gasteiger partial charge >= 0.3 is 0 Å². The molecule has 1 aromatic carbocycles. The van der Waals surface area contributed by atoms with Crippen molar-refractivity contribution in [1.29, 1.82) is 0 Å². The van der Waals surface area contributed by atoms with Crippen molar-refractivity contribution in [2.24, 2.45) is 7.05 Å². The number of thiophene rings is 1. The molecular weight excluding hydrogens is 354 g/mol. The normalized spacial score (nSPS) is 14.0. The van der Waals surface area contributed by atoms with Gasteiger partial charge in [0.1, 0.15) is 16.5 Å². The zero-order valence-electron chi connectivity index (χ0n) is 15.2. The summed E-state index contributed by atoms with van der Waals surface area (Å²) in [5.74, 6) is 2.49. The molecule has 0 spiro atoms. The quantitative estimate of drug-likeness (QED) is 0.534. The van der Waals surface area contributed by atoms with Crippen LogP contribution in [-0.4, -0.2) is 26.1 Å². The van der Waals surface area contributed by atoms with Gasteiger partial charge in [0.25, 0.3) is 0 Å². The molecule has 136 valence electrons. The van der Waals surface area contributed by atoms with E-state index in [2.05, 4.69) is 44.5 Å². The molecule has 1 aliphatic carbocycles. The number of hydrogen-bond acceptors (Lipinski definition) is 5. The van der Waals surface area contributed by atoms with E-state index in [1.807, 2.05) is 25.6 Å². The van der Waals surface area contributed by atoms with Gasteiger partial charge in [-0.3, -0.25) is 0 Å². The van der Waals surface area contributed by atoms with Gasteiger partial charge in [0.05, 0.1) is 11.7 Å². The van der Waals surface area contributed by atoms with E-state index in [0.29, 0.717) is 5.92 Å². The molecule has 1 aliphatic rings. The lowest BCUT2D eigenvalue weighted by Gasteiger charge is -2.11. The molecule has 6 heteroatoms. The maximum Gasteiger partial charge on any atom is 0.139 e. The van der Waals surface area contributed by atoms with Crippen LogP contribution in [0.25, 0.3) is 21.3 Å². The first-order chi connectivity index (χ1) is 13.3. The van der Waals surface area contributed by atoms with Gasteiger partial charge in [0, 0.05) is 48.8 Å². The lowest BCUT2D eigenvalue weighted by molar-refractivity contribution is 0.814. The van der Waals surface area contributed by atoms with E-state index in [9.17, 15) is 0 Å². The average molecular weight is 376 g/mol. The highest BCUT2D eigenvalue weighted by Gasteiger charge is 2.28. The van der Waals surface area contributed by atoms with Crippen molar-refractivity contribution in [2.75, 3.05) is 11.9 Å². The van der Waals surface area contributed by atoms with Crippen molar-refractivity contribution < 1.29 is 0 Å². The Morgan fingerprint density at radius 1 is 1.19 bits per heavy atom. The Balaban J connectivity index is 1.51. The number of imidazole rings is 1.